The van der Waals surface area contributed by atoms with Crippen LogP contribution in [0.1, 0.15) is 23.2 Å². The molecule has 1 aliphatic rings. The first kappa shape index (κ1) is 19.8. The summed E-state index contributed by atoms with van der Waals surface area (Å²) in [5.74, 6) is 1.73. The molecule has 0 spiro atoms. The number of piperidine rings is 1. The van der Waals surface area contributed by atoms with E-state index in [1.807, 2.05) is 12.3 Å². The number of aromatic nitrogens is 1. The summed E-state index contributed by atoms with van der Waals surface area (Å²) < 4.78 is 15.9. The molecule has 0 aliphatic carbocycles. The number of ether oxygens (including phenoxy) is 3. The van der Waals surface area contributed by atoms with E-state index >= 15 is 0 Å². The van der Waals surface area contributed by atoms with Gasteiger partial charge in [0.1, 0.15) is 0 Å². The van der Waals surface area contributed by atoms with Gasteiger partial charge in [-0.1, -0.05) is 0 Å². The predicted molar refractivity (Wildman–Crippen MR) is 108 cm³/mol. The van der Waals surface area contributed by atoms with E-state index in [9.17, 15) is 4.79 Å². The fraction of sp³-hybridized carbons (Fsp3) is 0.429. The first-order chi connectivity index (χ1) is 13.7. The van der Waals surface area contributed by atoms with Crippen LogP contribution in [0, 0.1) is 5.92 Å². The molecule has 1 saturated heterocycles. The van der Waals surface area contributed by atoms with Crippen LogP contribution < -0.4 is 24.4 Å². The zero-order valence-electron chi connectivity index (χ0n) is 16.6. The van der Waals surface area contributed by atoms with Gasteiger partial charge in [-0.3, -0.25) is 9.78 Å². The summed E-state index contributed by atoms with van der Waals surface area (Å²) in [6, 6.07) is 7.38. The van der Waals surface area contributed by atoms with Crippen LogP contribution in [0.15, 0.2) is 36.7 Å². The van der Waals surface area contributed by atoms with Gasteiger partial charge in [-0.2, -0.15) is 0 Å². The second-order valence-electron chi connectivity index (χ2n) is 6.77. The molecule has 0 radical (unpaired) electrons. The molecule has 1 fully saturated rings. The summed E-state index contributed by atoms with van der Waals surface area (Å²) in [4.78, 5) is 19.1. The highest BCUT2D eigenvalue weighted by molar-refractivity contribution is 5.95. The third kappa shape index (κ3) is 4.47. The number of nitrogens with zero attached hydrogens (tertiary/aromatic N) is 2. The number of nitrogens with one attached hydrogen (secondary N) is 1. The second kappa shape index (κ2) is 9.30. The quantitative estimate of drug-likeness (QED) is 0.790. The van der Waals surface area contributed by atoms with Gasteiger partial charge >= 0.3 is 0 Å². The zero-order valence-corrected chi connectivity index (χ0v) is 16.6. The number of amides is 1. The third-order valence-corrected chi connectivity index (χ3v) is 5.10. The van der Waals surface area contributed by atoms with Crippen LogP contribution in [0.5, 0.6) is 17.2 Å². The molecule has 0 unspecified atom stereocenters. The van der Waals surface area contributed by atoms with E-state index in [1.165, 1.54) is 21.3 Å². The number of hydrogen-bond donors (Lipinski definition) is 1. The molecule has 3 rings (SSSR count). The fourth-order valence-electron chi connectivity index (χ4n) is 3.49. The number of hydrogen-bond acceptors (Lipinski definition) is 6. The van der Waals surface area contributed by atoms with Gasteiger partial charge in [-0.05, 0) is 43.0 Å². The van der Waals surface area contributed by atoms with Crippen molar-refractivity contribution in [1.82, 2.24) is 10.3 Å². The van der Waals surface area contributed by atoms with Crippen LogP contribution in [0.4, 0.5) is 5.69 Å². The number of pyridine rings is 1. The Morgan fingerprint density at radius 1 is 1.14 bits per heavy atom. The van der Waals surface area contributed by atoms with Gasteiger partial charge in [0, 0.05) is 31.4 Å². The minimum absolute atomic E-state index is 0.144. The van der Waals surface area contributed by atoms with Crippen molar-refractivity contribution in [3.8, 4) is 17.2 Å². The van der Waals surface area contributed by atoms with Gasteiger partial charge in [0.25, 0.3) is 5.91 Å². The molecule has 7 nitrogen and oxygen atoms in total. The molecule has 0 bridgehead atoms. The Labute approximate surface area is 165 Å². The molecule has 1 aromatic carbocycles. The normalized spacial score (nSPS) is 14.5. The molecule has 1 aromatic heterocycles. The Morgan fingerprint density at radius 2 is 1.82 bits per heavy atom. The highest BCUT2D eigenvalue weighted by Gasteiger charge is 2.21. The molecular weight excluding hydrogens is 358 g/mol. The van der Waals surface area contributed by atoms with E-state index in [1.54, 1.807) is 18.3 Å². The van der Waals surface area contributed by atoms with Crippen molar-refractivity contribution in [1.29, 1.82) is 0 Å². The van der Waals surface area contributed by atoms with Crippen LogP contribution in [0.2, 0.25) is 0 Å². The van der Waals surface area contributed by atoms with Crippen molar-refractivity contribution in [2.24, 2.45) is 5.92 Å². The summed E-state index contributed by atoms with van der Waals surface area (Å²) in [6.07, 6.45) is 5.75. The molecule has 28 heavy (non-hydrogen) atoms. The van der Waals surface area contributed by atoms with Gasteiger partial charge in [0.05, 0.1) is 33.2 Å². The van der Waals surface area contributed by atoms with Crippen LogP contribution in [0.25, 0.3) is 0 Å². The number of carbonyl (C=O) groups excluding carboxylic acids is 1. The summed E-state index contributed by atoms with van der Waals surface area (Å²) >= 11 is 0. The maximum Gasteiger partial charge on any atom is 0.251 e. The van der Waals surface area contributed by atoms with E-state index in [-0.39, 0.29) is 5.91 Å². The van der Waals surface area contributed by atoms with Crippen LogP contribution in [-0.4, -0.2) is 51.9 Å². The summed E-state index contributed by atoms with van der Waals surface area (Å²) in [6.45, 7) is 2.59. The average molecular weight is 385 g/mol. The van der Waals surface area contributed by atoms with Crippen molar-refractivity contribution < 1.29 is 19.0 Å². The topological polar surface area (TPSA) is 72.9 Å². The van der Waals surface area contributed by atoms with Gasteiger partial charge in [0.15, 0.2) is 11.5 Å². The average Bonchev–Trinajstić information content (AvgIpc) is 2.77. The molecule has 1 aliphatic heterocycles. The SMILES string of the molecule is COc1cc(C(=O)NCC2CCN(c3cccnc3)CC2)cc(OC)c1OC. The van der Waals surface area contributed by atoms with Gasteiger partial charge in [0.2, 0.25) is 5.75 Å². The first-order valence-corrected chi connectivity index (χ1v) is 9.39. The highest BCUT2D eigenvalue weighted by Crippen LogP contribution is 2.38. The lowest BCUT2D eigenvalue weighted by Crippen LogP contribution is -2.38. The standard InChI is InChI=1S/C21H27N3O4/c1-26-18-11-16(12-19(27-2)20(18)28-3)21(25)23-13-15-6-9-24(10-7-15)17-5-4-8-22-14-17/h4-5,8,11-12,14-15H,6-7,9-10,13H2,1-3H3,(H,23,25). The van der Waals surface area contributed by atoms with Crippen molar-refractivity contribution in [2.75, 3.05) is 45.9 Å². The third-order valence-electron chi connectivity index (χ3n) is 5.10. The van der Waals surface area contributed by atoms with Gasteiger partial charge in [-0.25, -0.2) is 0 Å². The molecule has 0 atom stereocenters. The number of rotatable bonds is 7. The van der Waals surface area contributed by atoms with E-state index < -0.39 is 0 Å². The van der Waals surface area contributed by atoms with Crippen LogP contribution in [0.3, 0.4) is 0 Å². The summed E-state index contributed by atoms with van der Waals surface area (Å²) in [5, 5.41) is 3.04. The smallest absolute Gasteiger partial charge is 0.251 e. The van der Waals surface area contributed by atoms with E-state index in [2.05, 4.69) is 21.3 Å². The first-order valence-electron chi connectivity index (χ1n) is 9.39. The summed E-state index contributed by atoms with van der Waals surface area (Å²) in [7, 11) is 4.61. The molecule has 2 aromatic rings. The highest BCUT2D eigenvalue weighted by atomic mass is 16.5. The Bertz CT molecular complexity index is 764. The molecule has 1 N–H and O–H groups in total. The largest absolute Gasteiger partial charge is 0.493 e. The molecule has 1 amide bonds. The minimum atomic E-state index is -0.144. The molecule has 2 heterocycles. The number of methoxy groups -OCH3 is 3. The Morgan fingerprint density at radius 3 is 2.36 bits per heavy atom. The lowest BCUT2D eigenvalue weighted by Gasteiger charge is -2.33. The lowest BCUT2D eigenvalue weighted by atomic mass is 9.96. The Balaban J connectivity index is 1.56. The van der Waals surface area contributed by atoms with Gasteiger partial charge in [-0.15, -0.1) is 0 Å². The predicted octanol–water partition coefficient (Wildman–Crippen LogP) is 2.75. The molecule has 150 valence electrons. The van der Waals surface area contributed by atoms with E-state index in [4.69, 9.17) is 14.2 Å². The zero-order chi connectivity index (χ0) is 19.9. The maximum absolute atomic E-state index is 12.6. The molecule has 7 heteroatoms. The van der Waals surface area contributed by atoms with Crippen molar-refractivity contribution in [3.63, 3.8) is 0 Å². The fourth-order valence-corrected chi connectivity index (χ4v) is 3.49. The monoisotopic (exact) mass is 385 g/mol. The van der Waals surface area contributed by atoms with Crippen molar-refractivity contribution in [2.45, 2.75) is 12.8 Å². The van der Waals surface area contributed by atoms with Crippen LogP contribution >= 0.6 is 0 Å². The lowest BCUT2D eigenvalue weighted by molar-refractivity contribution is 0.0944. The Hall–Kier alpha value is -2.96. The number of carbonyl (C=O) groups is 1. The maximum atomic E-state index is 12.6. The summed E-state index contributed by atoms with van der Waals surface area (Å²) in [5.41, 5.74) is 1.64. The van der Waals surface area contributed by atoms with Crippen molar-refractivity contribution >= 4 is 11.6 Å². The van der Waals surface area contributed by atoms with Gasteiger partial charge < -0.3 is 24.4 Å². The second-order valence-corrected chi connectivity index (χ2v) is 6.77. The van der Waals surface area contributed by atoms with E-state index in [0.29, 0.717) is 35.3 Å². The van der Waals surface area contributed by atoms with Crippen molar-refractivity contribution in [3.05, 3.63) is 42.2 Å². The number of benzene rings is 1. The van der Waals surface area contributed by atoms with Crippen LogP contribution in [-0.2, 0) is 0 Å². The molecule has 0 saturated carbocycles. The minimum Gasteiger partial charge on any atom is -0.493 e. The van der Waals surface area contributed by atoms with E-state index in [0.717, 1.165) is 31.6 Å². The Kier molecular flexibility index (Phi) is 6.57. The molecular formula is C21H27N3O4. The number of anilines is 1.